The van der Waals surface area contributed by atoms with Gasteiger partial charge in [0.25, 0.3) is 0 Å². The normalized spacial score (nSPS) is 13.8. The summed E-state index contributed by atoms with van der Waals surface area (Å²) in [4.78, 5) is 0. The zero-order chi connectivity index (χ0) is 47.3. The van der Waals surface area contributed by atoms with Gasteiger partial charge in [-0.05, 0) is 140 Å². The number of ether oxygens (including phenoxy) is 2. The van der Waals surface area contributed by atoms with E-state index >= 15 is 0 Å². The van der Waals surface area contributed by atoms with Gasteiger partial charge in [0.1, 0.15) is 0 Å². The van der Waals surface area contributed by atoms with E-state index in [1.807, 2.05) is 0 Å². The van der Waals surface area contributed by atoms with Crippen LogP contribution in [-0.4, -0.2) is 71.9 Å². The topological polar surface area (TPSA) is 96.1 Å². The minimum atomic E-state index is 0. The molecule has 2 saturated heterocycles. The van der Waals surface area contributed by atoms with Crippen LogP contribution >= 0.6 is 0 Å². The Morgan fingerprint density at radius 1 is 0.338 bits per heavy atom. The Labute approximate surface area is 433 Å². The zero-order valence-electron chi connectivity index (χ0n) is 43.4. The van der Waals surface area contributed by atoms with Crippen LogP contribution in [0, 0.1) is 0 Å². The molecule has 0 amide bonds. The summed E-state index contributed by atoms with van der Waals surface area (Å²) in [5, 5.41) is 17.9. The molecule has 2 fully saturated rings. The molecule has 0 aliphatic carbocycles. The molecule has 0 atom stereocenters. The molecule has 6 rings (SSSR count). The monoisotopic (exact) mass is 961 g/mol. The van der Waals surface area contributed by atoms with Gasteiger partial charge in [-0.25, -0.2) is 0 Å². The van der Waals surface area contributed by atoms with Crippen molar-refractivity contribution in [3.63, 3.8) is 0 Å². The van der Waals surface area contributed by atoms with Gasteiger partial charge in [-0.15, -0.1) is 0 Å². The van der Waals surface area contributed by atoms with E-state index in [-0.39, 0.29) is 45.5 Å². The van der Waals surface area contributed by atoms with E-state index in [4.69, 9.17) is 9.47 Å². The van der Waals surface area contributed by atoms with E-state index in [1.165, 1.54) is 70.2 Å². The first-order chi connectivity index (χ1) is 30.5. The van der Waals surface area contributed by atoms with Crippen molar-refractivity contribution in [2.45, 2.75) is 184 Å². The van der Waals surface area contributed by atoms with Gasteiger partial charge < -0.3 is 30.6 Å². The van der Waals surface area contributed by atoms with Crippen molar-refractivity contribution in [1.29, 1.82) is 0 Å². The molecule has 2 heterocycles. The summed E-state index contributed by atoms with van der Waals surface area (Å²) < 4.78 is 9.89. The van der Waals surface area contributed by atoms with Crippen molar-refractivity contribution in [1.82, 2.24) is 0 Å². The smallest absolute Gasteiger partial charge is 0.381 e. The Hall–Kier alpha value is -2.92. The van der Waals surface area contributed by atoms with Crippen molar-refractivity contribution < 1.29 is 9.47 Å². The van der Waals surface area contributed by atoms with Crippen LogP contribution in [0.15, 0.2) is 93.5 Å². The molecule has 4 aromatic rings. The van der Waals surface area contributed by atoms with Crippen LogP contribution in [0.3, 0.4) is 0 Å². The fraction of sp³-hybridized carbons (Fsp3) is 0.571. The Morgan fingerprint density at radius 3 is 0.708 bits per heavy atom. The maximum atomic E-state index is 4.94. The zero-order valence-corrected chi connectivity index (χ0v) is 46.9. The molecule has 0 spiro atoms. The minimum Gasteiger partial charge on any atom is -0.381 e. The number of benzene rings is 4. The molecule has 0 radical (unpaired) electrons. The van der Waals surface area contributed by atoms with Crippen molar-refractivity contribution in [3.8, 4) is 0 Å². The van der Waals surface area contributed by atoms with Gasteiger partial charge in [-0.2, -0.15) is 0 Å². The van der Waals surface area contributed by atoms with Crippen molar-refractivity contribution >= 4 is 68.2 Å². The Balaban J connectivity index is 0.000000361. The third-order valence-corrected chi connectivity index (χ3v) is 11.6. The predicted molar refractivity (Wildman–Crippen MR) is 279 cm³/mol. The Bertz CT molecular complexity index is 1760. The van der Waals surface area contributed by atoms with Gasteiger partial charge in [0, 0.05) is 26.4 Å². The van der Waals surface area contributed by atoms with Crippen LogP contribution in [0.5, 0.6) is 0 Å². The van der Waals surface area contributed by atoms with Gasteiger partial charge >= 0.3 is 45.5 Å². The standard InChI is InChI=1S/2C24H34N3.2C4H8O.Sr/c2*1-15(2)19-11-9-12-20(16(3)4)23(19)25-27-26-24-21(17(5)6)13-10-14-22(24)18(7)8;2*1-2-4-5-3-1;/h2*9-18H,1-8H3;2*1-4H2;/q2*-1;;;+2. The summed E-state index contributed by atoms with van der Waals surface area (Å²) in [6, 6.07) is 25.6. The SMILES string of the molecule is C1CCOC1.C1CCOC1.CC(C)c1cccc(C(C)C)c1N=N[N-]c1c(C(C)C)cccc1C(C)C.CC(C)c1cccc(C(C)C)c1N=N[N-]c1c(C(C)C)cccc1C(C)C.[Sr+2]. The maximum absolute atomic E-state index is 4.94. The van der Waals surface area contributed by atoms with E-state index in [2.05, 4.69) is 215 Å². The summed E-state index contributed by atoms with van der Waals surface area (Å²) in [6.07, 6.45) is 5.11. The first kappa shape index (κ1) is 58.2. The molecule has 8 nitrogen and oxygen atoms in total. The molecule has 352 valence electrons. The van der Waals surface area contributed by atoms with Crippen LogP contribution in [0.25, 0.3) is 10.9 Å². The number of nitrogens with zero attached hydrogens (tertiary/aromatic N) is 6. The molecule has 0 N–H and O–H groups in total. The predicted octanol–water partition coefficient (Wildman–Crippen LogP) is 19.0. The molecule has 0 bridgehead atoms. The van der Waals surface area contributed by atoms with Crippen molar-refractivity contribution in [2.75, 3.05) is 26.4 Å². The molecule has 2 aliphatic rings. The van der Waals surface area contributed by atoms with Gasteiger partial charge in [0.05, 0.1) is 0 Å². The maximum Gasteiger partial charge on any atom is 2.00 e. The summed E-state index contributed by atoms with van der Waals surface area (Å²) in [5.41, 5.74) is 22.9. The van der Waals surface area contributed by atoms with E-state index < -0.39 is 0 Å². The number of hydrogen-bond donors (Lipinski definition) is 0. The van der Waals surface area contributed by atoms with Crippen LogP contribution in [0.4, 0.5) is 22.7 Å². The molecule has 0 saturated carbocycles. The molecule has 4 aromatic carbocycles. The first-order valence-electron chi connectivity index (χ1n) is 24.4. The fourth-order valence-corrected chi connectivity index (χ4v) is 7.75. The number of rotatable bonds is 14. The van der Waals surface area contributed by atoms with Crippen LogP contribution in [0.1, 0.15) is 228 Å². The molecule has 0 unspecified atom stereocenters. The van der Waals surface area contributed by atoms with Gasteiger partial charge in [0.2, 0.25) is 0 Å². The van der Waals surface area contributed by atoms with E-state index in [9.17, 15) is 0 Å². The van der Waals surface area contributed by atoms with Crippen molar-refractivity contribution in [3.05, 3.63) is 128 Å². The molecule has 65 heavy (non-hydrogen) atoms. The van der Waals surface area contributed by atoms with E-state index in [0.717, 1.165) is 49.2 Å². The van der Waals surface area contributed by atoms with E-state index in [1.54, 1.807) is 0 Å². The quantitative estimate of drug-likeness (QED) is 0.0715. The molecule has 9 heteroatoms. The van der Waals surface area contributed by atoms with Crippen LogP contribution < -0.4 is 0 Å². The minimum absolute atomic E-state index is 0. The van der Waals surface area contributed by atoms with Gasteiger partial charge in [0.15, 0.2) is 0 Å². The molecule has 2 aliphatic heterocycles. The van der Waals surface area contributed by atoms with Crippen LogP contribution in [-0.2, 0) is 9.47 Å². The molecular weight excluding hydrogens is 876 g/mol. The average molecular weight is 961 g/mol. The average Bonchev–Trinajstić information content (AvgIpc) is 4.05. The number of hydrogen-bond acceptors (Lipinski definition) is 6. The second kappa shape index (κ2) is 30.5. The summed E-state index contributed by atoms with van der Waals surface area (Å²) >= 11 is 0. The summed E-state index contributed by atoms with van der Waals surface area (Å²) in [6.45, 7) is 39.1. The molecular formula is C56H84N6O2Sr. The summed E-state index contributed by atoms with van der Waals surface area (Å²) in [7, 11) is 0. The molecule has 0 aromatic heterocycles. The largest absolute Gasteiger partial charge is 2.00 e. The van der Waals surface area contributed by atoms with Gasteiger partial charge in [-0.1, -0.05) is 184 Å². The van der Waals surface area contributed by atoms with Crippen molar-refractivity contribution in [2.24, 2.45) is 20.7 Å². The van der Waals surface area contributed by atoms with Crippen LogP contribution in [0.2, 0.25) is 0 Å². The first-order valence-corrected chi connectivity index (χ1v) is 24.4. The second-order valence-electron chi connectivity index (χ2n) is 19.6. The third kappa shape index (κ3) is 18.6. The Morgan fingerprint density at radius 2 is 0.538 bits per heavy atom. The summed E-state index contributed by atoms with van der Waals surface area (Å²) in [5.74, 6) is 3.16. The fourth-order valence-electron chi connectivity index (χ4n) is 7.75. The van der Waals surface area contributed by atoms with Gasteiger partial charge in [-0.3, -0.25) is 10.4 Å². The third-order valence-electron chi connectivity index (χ3n) is 11.6. The Kier molecular flexibility index (Phi) is 27.3. The van der Waals surface area contributed by atoms with E-state index in [0.29, 0.717) is 47.3 Å². The second-order valence-corrected chi connectivity index (χ2v) is 19.6.